The lowest BCUT2D eigenvalue weighted by Gasteiger charge is -2.28. The number of likely N-dealkylation sites (tertiary alicyclic amines) is 1. The molecule has 0 amide bonds. The average molecular weight is 473 g/mol. The van der Waals surface area contributed by atoms with E-state index in [1.807, 2.05) is 18.0 Å². The first kappa shape index (κ1) is 23.1. The molecule has 2 aliphatic heterocycles. The summed E-state index contributed by atoms with van der Waals surface area (Å²) in [5.41, 5.74) is 3.15. The van der Waals surface area contributed by atoms with E-state index in [2.05, 4.69) is 9.88 Å². The molecule has 0 unspecified atom stereocenters. The summed E-state index contributed by atoms with van der Waals surface area (Å²) in [4.78, 5) is 17.6. The summed E-state index contributed by atoms with van der Waals surface area (Å²) in [6.07, 6.45) is 6.75. The van der Waals surface area contributed by atoms with E-state index in [9.17, 15) is 8.42 Å². The number of rotatable bonds is 5. The van der Waals surface area contributed by atoms with Crippen molar-refractivity contribution < 1.29 is 23.1 Å². The molecule has 2 aliphatic rings. The Morgan fingerprint density at radius 1 is 1.18 bits per heavy atom. The standard InChI is InChI=1S/C22H26N4O3S.CH2O2/c1-24-13-14-29-21-7-6-18(15-20(21)24)30(27,28)26-16-17(8-12-25-10-2-3-11-25)22-19(26)5-4-9-23-22;2-1-3/h4-7,9,15-16H,2-3,8,10-14H2,1H3;1H,(H,2,3). The maximum Gasteiger partial charge on any atom is 0.290 e. The zero-order valence-corrected chi connectivity index (χ0v) is 19.4. The summed E-state index contributed by atoms with van der Waals surface area (Å²) in [6.45, 7) is 4.25. The lowest BCUT2D eigenvalue weighted by molar-refractivity contribution is -0.122. The number of hydrogen-bond donors (Lipinski definition) is 1. The smallest absolute Gasteiger partial charge is 0.290 e. The maximum atomic E-state index is 13.6. The highest BCUT2D eigenvalue weighted by atomic mass is 32.2. The summed E-state index contributed by atoms with van der Waals surface area (Å²) in [6, 6.07) is 8.69. The van der Waals surface area contributed by atoms with Gasteiger partial charge in [-0.05, 0) is 68.2 Å². The van der Waals surface area contributed by atoms with Crippen molar-refractivity contribution >= 4 is 33.2 Å². The minimum Gasteiger partial charge on any atom is -0.490 e. The highest BCUT2D eigenvalue weighted by Gasteiger charge is 2.25. The summed E-state index contributed by atoms with van der Waals surface area (Å²) >= 11 is 0. The monoisotopic (exact) mass is 472 g/mol. The number of hydrogen-bond acceptors (Lipinski definition) is 7. The van der Waals surface area contributed by atoms with Crippen LogP contribution in [0.1, 0.15) is 18.4 Å². The van der Waals surface area contributed by atoms with Crippen LogP contribution in [-0.2, 0) is 21.2 Å². The molecular formula is C23H28N4O5S. The van der Waals surface area contributed by atoms with E-state index < -0.39 is 10.0 Å². The number of fused-ring (bicyclic) bond motifs is 2. The molecule has 0 spiro atoms. The molecule has 0 aliphatic carbocycles. The Morgan fingerprint density at radius 3 is 2.70 bits per heavy atom. The van der Waals surface area contributed by atoms with Crippen LogP contribution in [0.3, 0.4) is 0 Å². The third-order valence-corrected chi connectivity index (χ3v) is 7.75. The van der Waals surface area contributed by atoms with Gasteiger partial charge in [-0.15, -0.1) is 0 Å². The minimum atomic E-state index is -3.76. The fourth-order valence-electron chi connectivity index (χ4n) is 4.37. The molecule has 33 heavy (non-hydrogen) atoms. The highest BCUT2D eigenvalue weighted by molar-refractivity contribution is 7.90. The molecule has 5 rings (SSSR count). The lowest BCUT2D eigenvalue weighted by atomic mass is 10.2. The second-order valence-electron chi connectivity index (χ2n) is 8.13. The number of benzene rings is 1. The predicted molar refractivity (Wildman–Crippen MR) is 126 cm³/mol. The van der Waals surface area contributed by atoms with Gasteiger partial charge in [0.25, 0.3) is 16.5 Å². The Hall–Kier alpha value is -3.11. The van der Waals surface area contributed by atoms with Crippen molar-refractivity contribution in [2.24, 2.45) is 0 Å². The van der Waals surface area contributed by atoms with Crippen molar-refractivity contribution in [2.45, 2.75) is 24.2 Å². The first-order valence-electron chi connectivity index (χ1n) is 10.9. The molecule has 4 heterocycles. The average Bonchev–Trinajstić information content (AvgIpc) is 3.46. The van der Waals surface area contributed by atoms with Gasteiger partial charge in [-0.25, -0.2) is 12.4 Å². The van der Waals surface area contributed by atoms with E-state index in [1.54, 1.807) is 36.7 Å². The maximum absolute atomic E-state index is 13.6. The first-order valence-corrected chi connectivity index (χ1v) is 12.4. The Labute approximate surface area is 193 Å². The second kappa shape index (κ2) is 9.80. The molecule has 1 saturated heterocycles. The Kier molecular flexibility index (Phi) is 6.85. The van der Waals surface area contributed by atoms with Gasteiger partial charge in [0.15, 0.2) is 0 Å². The van der Waals surface area contributed by atoms with Gasteiger partial charge in [0, 0.05) is 26.0 Å². The van der Waals surface area contributed by atoms with Crippen molar-refractivity contribution in [2.75, 3.05) is 44.7 Å². The van der Waals surface area contributed by atoms with Crippen LogP contribution in [0.5, 0.6) is 5.75 Å². The van der Waals surface area contributed by atoms with Gasteiger partial charge in [0.1, 0.15) is 12.4 Å². The summed E-state index contributed by atoms with van der Waals surface area (Å²) in [7, 11) is -1.81. The number of nitrogens with zero attached hydrogens (tertiary/aromatic N) is 4. The number of anilines is 1. The molecule has 0 bridgehead atoms. The molecule has 0 saturated carbocycles. The Morgan fingerprint density at radius 2 is 1.94 bits per heavy atom. The quantitative estimate of drug-likeness (QED) is 0.565. The normalized spacial score (nSPS) is 16.1. The zero-order valence-electron chi connectivity index (χ0n) is 18.6. The molecule has 2 aromatic heterocycles. The predicted octanol–water partition coefficient (Wildman–Crippen LogP) is 2.44. The van der Waals surface area contributed by atoms with Crippen molar-refractivity contribution in [1.82, 2.24) is 13.9 Å². The molecule has 1 fully saturated rings. The zero-order chi connectivity index (χ0) is 23.4. The van der Waals surface area contributed by atoms with Gasteiger partial charge >= 0.3 is 0 Å². The van der Waals surface area contributed by atoms with E-state index >= 15 is 0 Å². The molecule has 0 radical (unpaired) electrons. The number of aromatic nitrogens is 2. The van der Waals surface area contributed by atoms with Gasteiger partial charge in [0.05, 0.1) is 28.2 Å². The van der Waals surface area contributed by atoms with Crippen LogP contribution in [0.15, 0.2) is 47.6 Å². The SMILES string of the molecule is CN1CCOc2ccc(S(=O)(=O)n3cc(CCN4CCCC4)c4ncccc43)cc21.O=CO. The van der Waals surface area contributed by atoms with Crippen LogP contribution < -0.4 is 9.64 Å². The van der Waals surface area contributed by atoms with Crippen molar-refractivity contribution in [3.05, 3.63) is 48.3 Å². The second-order valence-corrected chi connectivity index (χ2v) is 9.94. The van der Waals surface area contributed by atoms with Gasteiger partial charge in [-0.3, -0.25) is 9.78 Å². The Bertz CT molecular complexity index is 1230. The van der Waals surface area contributed by atoms with E-state index in [-0.39, 0.29) is 11.4 Å². The third-order valence-electron chi connectivity index (χ3n) is 6.08. The lowest BCUT2D eigenvalue weighted by Crippen LogP contribution is -2.29. The van der Waals surface area contributed by atoms with Gasteiger partial charge in [-0.2, -0.15) is 0 Å². The van der Waals surface area contributed by atoms with Crippen LogP contribution in [0, 0.1) is 0 Å². The van der Waals surface area contributed by atoms with E-state index in [4.69, 9.17) is 14.6 Å². The van der Waals surface area contributed by atoms with Gasteiger partial charge < -0.3 is 19.6 Å². The van der Waals surface area contributed by atoms with Crippen LogP contribution in [-0.4, -0.2) is 73.7 Å². The van der Waals surface area contributed by atoms with Gasteiger partial charge in [0.2, 0.25) is 0 Å². The molecule has 1 aromatic carbocycles. The summed E-state index contributed by atoms with van der Waals surface area (Å²) in [5, 5.41) is 6.89. The molecule has 10 heteroatoms. The van der Waals surface area contributed by atoms with Crippen LogP contribution in [0.2, 0.25) is 0 Å². The minimum absolute atomic E-state index is 0.250. The van der Waals surface area contributed by atoms with Crippen LogP contribution >= 0.6 is 0 Å². The Balaban J connectivity index is 0.000000821. The molecule has 0 atom stereocenters. The van der Waals surface area contributed by atoms with Crippen LogP contribution in [0.4, 0.5) is 5.69 Å². The molecule has 9 nitrogen and oxygen atoms in total. The number of carbonyl (C=O) groups is 1. The summed E-state index contributed by atoms with van der Waals surface area (Å²) < 4.78 is 34.2. The fourth-order valence-corrected chi connectivity index (χ4v) is 5.77. The largest absolute Gasteiger partial charge is 0.490 e. The summed E-state index contributed by atoms with van der Waals surface area (Å²) in [5.74, 6) is 0.716. The van der Waals surface area contributed by atoms with Crippen LogP contribution in [0.25, 0.3) is 11.0 Å². The van der Waals surface area contributed by atoms with Crippen molar-refractivity contribution in [3.63, 3.8) is 0 Å². The van der Waals surface area contributed by atoms with Gasteiger partial charge in [-0.1, -0.05) is 0 Å². The van der Waals surface area contributed by atoms with E-state index in [0.29, 0.717) is 17.9 Å². The number of pyridine rings is 1. The topological polar surface area (TPSA) is 105 Å². The van der Waals surface area contributed by atoms with Crippen molar-refractivity contribution in [3.8, 4) is 5.75 Å². The van der Waals surface area contributed by atoms with E-state index in [1.165, 1.54) is 16.8 Å². The number of carboxylic acid groups (broad SMARTS) is 1. The number of likely N-dealkylation sites (N-methyl/N-ethyl adjacent to an activating group) is 1. The molecule has 176 valence electrons. The fraction of sp³-hybridized carbons (Fsp3) is 0.391. The van der Waals surface area contributed by atoms with Crippen molar-refractivity contribution in [1.29, 1.82) is 0 Å². The highest BCUT2D eigenvalue weighted by Crippen LogP contribution is 2.34. The molecule has 3 aromatic rings. The number of ether oxygens (including phenoxy) is 1. The third kappa shape index (κ3) is 4.67. The first-order chi connectivity index (χ1) is 16.0. The molecule has 1 N–H and O–H groups in total. The molecular weight excluding hydrogens is 444 g/mol. The van der Waals surface area contributed by atoms with E-state index in [0.717, 1.165) is 49.4 Å².